The highest BCUT2D eigenvalue weighted by Crippen LogP contribution is 2.45. The maximum atomic E-state index is 2.43. The molecule has 308 valence electrons. The number of hydrogen-bond donors (Lipinski definition) is 0. The minimum Gasteiger partial charge on any atom is -0.338 e. The minimum atomic E-state index is 0.947. The Morgan fingerprint density at radius 2 is 0.934 bits per heavy atom. The predicted molar refractivity (Wildman–Crippen MR) is 261 cm³/mol. The summed E-state index contributed by atoms with van der Waals surface area (Å²) in [5.41, 5.74) is 10.5. The number of aryl methyl sites for hydroxylation is 2. The molecular weight excluding hydrogens is 785 g/mol. The number of hydrogen-bond acceptors (Lipinski definition) is 4. The molecule has 2 aliphatic rings. The molecule has 0 saturated carbocycles. The summed E-state index contributed by atoms with van der Waals surface area (Å²) in [4.78, 5) is 7.16. The van der Waals surface area contributed by atoms with Crippen molar-refractivity contribution in [2.24, 2.45) is 0 Å². The van der Waals surface area contributed by atoms with Gasteiger partial charge in [-0.3, -0.25) is 0 Å². The maximum absolute atomic E-state index is 2.43. The summed E-state index contributed by atoms with van der Waals surface area (Å²) < 4.78 is 9.54. The van der Waals surface area contributed by atoms with Gasteiger partial charge in [-0.2, -0.15) is 9.13 Å². The van der Waals surface area contributed by atoms with Gasteiger partial charge in [-0.05, 0) is 66.1 Å². The van der Waals surface area contributed by atoms with E-state index in [-0.39, 0.29) is 0 Å². The predicted octanol–water partition coefficient (Wildman–Crippen LogP) is 10.8. The number of thioether (sulfide) groups is 2. The molecule has 0 saturated heterocycles. The lowest BCUT2D eigenvalue weighted by Gasteiger charge is -2.12. The SMILES string of the molecule is CN1C(=CC=Cc2cc[n+](CCC(CCCC(CC[n+]3ccc(C=CC=C4Sc5ccccc5N4C)c4ccccc43)=[N+](C)C)=[N+](C)C)c3ccccc23)Sc2ccccc21. The van der Waals surface area contributed by atoms with Gasteiger partial charge in [-0.15, -0.1) is 0 Å². The number of benzene rings is 4. The van der Waals surface area contributed by atoms with Crippen molar-refractivity contribution in [3.05, 3.63) is 167 Å². The molecule has 8 rings (SSSR count). The monoisotopic (exact) mass is 842 g/mol. The van der Waals surface area contributed by atoms with E-state index in [9.17, 15) is 0 Å². The third kappa shape index (κ3) is 9.61. The summed E-state index contributed by atoms with van der Waals surface area (Å²) in [6, 6.07) is 39.4. The van der Waals surface area contributed by atoms with Crippen LogP contribution in [0.4, 0.5) is 11.4 Å². The Morgan fingerprint density at radius 3 is 1.36 bits per heavy atom. The van der Waals surface area contributed by atoms with E-state index in [1.807, 2.05) is 23.5 Å². The zero-order valence-corrected chi connectivity index (χ0v) is 38.1. The molecule has 0 radical (unpaired) electrons. The minimum absolute atomic E-state index is 0.947. The summed E-state index contributed by atoms with van der Waals surface area (Å²) in [6.45, 7) is 1.89. The number of anilines is 2. The fourth-order valence-corrected chi connectivity index (χ4v) is 10.6. The zero-order chi connectivity index (χ0) is 42.3. The fraction of sp³-hybridized carbons (Fsp3) is 0.245. The first-order valence-corrected chi connectivity index (χ1v) is 23.0. The molecule has 0 amide bonds. The van der Waals surface area contributed by atoms with E-state index in [2.05, 4.69) is 228 Å². The quantitative estimate of drug-likeness (QED) is 0.0804. The number of pyridine rings is 2. The molecule has 4 aromatic carbocycles. The highest BCUT2D eigenvalue weighted by atomic mass is 32.2. The lowest BCUT2D eigenvalue weighted by molar-refractivity contribution is -0.670. The van der Waals surface area contributed by atoms with Crippen LogP contribution in [0.25, 0.3) is 34.0 Å². The van der Waals surface area contributed by atoms with Crippen molar-refractivity contribution in [3.63, 3.8) is 0 Å². The van der Waals surface area contributed by atoms with E-state index in [1.165, 1.54) is 75.6 Å². The summed E-state index contributed by atoms with van der Waals surface area (Å²) in [7, 11) is 13.1. The first-order chi connectivity index (χ1) is 29.7. The number of nitrogens with zero attached hydrogens (tertiary/aromatic N) is 6. The second-order valence-corrected chi connectivity index (χ2v) is 18.3. The van der Waals surface area contributed by atoms with Crippen LogP contribution in [-0.2, 0) is 13.1 Å². The van der Waals surface area contributed by atoms with Gasteiger partial charge in [0.25, 0.3) is 0 Å². The topological polar surface area (TPSA) is 20.3 Å². The molecule has 0 unspecified atom stereocenters. The number of allylic oxidation sites excluding steroid dienone is 4. The number of fused-ring (bicyclic) bond motifs is 4. The van der Waals surface area contributed by atoms with Crippen molar-refractivity contribution in [3.8, 4) is 0 Å². The lowest BCUT2D eigenvalue weighted by atomic mass is 10.0. The van der Waals surface area contributed by atoms with E-state index >= 15 is 0 Å². The summed E-state index contributed by atoms with van der Waals surface area (Å²) >= 11 is 3.65. The molecular formula is C53H58N6S2+4. The van der Waals surface area contributed by atoms with Crippen LogP contribution in [0.1, 0.15) is 43.2 Å². The van der Waals surface area contributed by atoms with Crippen molar-refractivity contribution < 1.29 is 18.3 Å². The van der Waals surface area contributed by atoms with E-state index in [0.717, 1.165) is 45.2 Å². The van der Waals surface area contributed by atoms with Gasteiger partial charge in [0.1, 0.15) is 28.2 Å². The third-order valence-corrected chi connectivity index (χ3v) is 14.3. The van der Waals surface area contributed by atoms with Gasteiger partial charge in [0.05, 0.1) is 45.0 Å². The van der Waals surface area contributed by atoms with Gasteiger partial charge in [0.2, 0.25) is 11.0 Å². The Morgan fingerprint density at radius 1 is 0.525 bits per heavy atom. The molecule has 2 aromatic heterocycles. The fourth-order valence-electron chi connectivity index (χ4n) is 8.44. The largest absolute Gasteiger partial charge is 0.338 e. The first-order valence-electron chi connectivity index (χ1n) is 21.4. The van der Waals surface area contributed by atoms with Gasteiger partial charge < -0.3 is 9.80 Å². The van der Waals surface area contributed by atoms with Crippen LogP contribution in [0.5, 0.6) is 0 Å². The molecule has 0 bridgehead atoms. The number of para-hydroxylation sites is 4. The molecule has 61 heavy (non-hydrogen) atoms. The van der Waals surface area contributed by atoms with Crippen LogP contribution in [-0.4, -0.2) is 62.9 Å². The molecule has 0 spiro atoms. The Hall–Kier alpha value is -5.70. The second-order valence-electron chi connectivity index (χ2n) is 16.2. The standard InChI is InChI=1S/C53H58N6S2/c1-54(2)42(34-38-58-36-32-40(44-22-7-9-24-46(44)58)18-15-30-52-56(5)48-26-11-13-28-50(48)60-52)20-17-21-43(55(3)4)35-39-59-37-33-41(45-23-8-10-25-47(45)59)19-16-31-53-57(6)49-27-12-14-29-51(49)61-53/h7-16,18-19,22-33,36-37H,17,20-21,34-35,38-39H2,1-6H3/q+4. The summed E-state index contributed by atoms with van der Waals surface area (Å²) in [6.07, 6.45) is 23.2. The maximum Gasteiger partial charge on any atom is 0.213 e. The van der Waals surface area contributed by atoms with Gasteiger partial charge in [-0.1, -0.05) is 96.4 Å². The van der Waals surface area contributed by atoms with Gasteiger partial charge in [0, 0.05) is 61.0 Å². The van der Waals surface area contributed by atoms with Crippen molar-refractivity contribution in [1.82, 2.24) is 0 Å². The molecule has 4 heterocycles. The van der Waals surface area contributed by atoms with E-state index in [0.29, 0.717) is 0 Å². The average molecular weight is 843 g/mol. The molecule has 0 N–H and O–H groups in total. The van der Waals surface area contributed by atoms with Crippen LogP contribution in [0.3, 0.4) is 0 Å². The Kier molecular flexibility index (Phi) is 13.3. The molecule has 8 heteroatoms. The van der Waals surface area contributed by atoms with Crippen molar-refractivity contribution in [1.29, 1.82) is 0 Å². The molecule has 0 atom stereocenters. The zero-order valence-electron chi connectivity index (χ0n) is 36.5. The second kappa shape index (κ2) is 19.3. The Labute approximate surface area is 370 Å². The Bertz CT molecular complexity index is 2580. The van der Waals surface area contributed by atoms with Gasteiger partial charge in [-0.25, -0.2) is 9.15 Å². The van der Waals surface area contributed by atoms with Crippen molar-refractivity contribution in [2.75, 3.05) is 52.1 Å². The Balaban J connectivity index is 0.874. The van der Waals surface area contributed by atoms with Gasteiger partial charge in [0.15, 0.2) is 36.9 Å². The molecule has 6 nitrogen and oxygen atoms in total. The number of rotatable bonds is 14. The van der Waals surface area contributed by atoms with Crippen LogP contribution >= 0.6 is 23.5 Å². The van der Waals surface area contributed by atoms with Crippen LogP contribution in [0.2, 0.25) is 0 Å². The summed E-state index contributed by atoms with van der Waals surface area (Å²) in [5, 5.41) is 5.03. The first kappa shape index (κ1) is 42.0. The van der Waals surface area contributed by atoms with E-state index < -0.39 is 0 Å². The van der Waals surface area contributed by atoms with E-state index in [1.54, 1.807) is 0 Å². The summed E-state index contributed by atoms with van der Waals surface area (Å²) in [5.74, 6) is 0. The average Bonchev–Trinajstić information content (AvgIpc) is 3.77. The molecule has 0 aliphatic carbocycles. The van der Waals surface area contributed by atoms with Crippen LogP contribution < -0.4 is 18.9 Å². The number of aromatic nitrogens is 2. The molecule has 6 aromatic rings. The van der Waals surface area contributed by atoms with Crippen LogP contribution in [0, 0.1) is 0 Å². The third-order valence-electron chi connectivity index (χ3n) is 12.0. The normalized spacial score (nSPS) is 14.9. The molecule has 2 aliphatic heterocycles. The van der Waals surface area contributed by atoms with E-state index in [4.69, 9.17) is 0 Å². The highest BCUT2D eigenvalue weighted by Gasteiger charge is 2.23. The van der Waals surface area contributed by atoms with Gasteiger partial charge >= 0.3 is 0 Å². The molecule has 0 fully saturated rings. The lowest BCUT2D eigenvalue weighted by Crippen LogP contribution is -2.36. The van der Waals surface area contributed by atoms with Crippen molar-refractivity contribution in [2.45, 2.75) is 55.0 Å². The van der Waals surface area contributed by atoms with Crippen molar-refractivity contribution >= 4 is 80.3 Å². The highest BCUT2D eigenvalue weighted by molar-refractivity contribution is 8.04. The smallest absolute Gasteiger partial charge is 0.213 e. The van der Waals surface area contributed by atoms with Crippen LogP contribution in [0.15, 0.2) is 166 Å².